The quantitative estimate of drug-likeness (QED) is 0.601. The summed E-state index contributed by atoms with van der Waals surface area (Å²) < 4.78 is 5.28. The van der Waals surface area contributed by atoms with Crippen LogP contribution in [0, 0.1) is 0 Å². The first-order valence-electron chi connectivity index (χ1n) is 7.74. The maximum Gasteiger partial charge on any atom is 0.278 e. The molecule has 25 heavy (non-hydrogen) atoms. The van der Waals surface area contributed by atoms with Gasteiger partial charge in [0.1, 0.15) is 5.82 Å². The molecule has 3 aromatic heterocycles. The van der Waals surface area contributed by atoms with Gasteiger partial charge in [0, 0.05) is 24.5 Å². The van der Waals surface area contributed by atoms with E-state index in [1.807, 2.05) is 48.5 Å². The van der Waals surface area contributed by atoms with Crippen molar-refractivity contribution >= 4 is 5.82 Å². The van der Waals surface area contributed by atoms with E-state index < -0.39 is 0 Å². The van der Waals surface area contributed by atoms with E-state index in [1.54, 1.807) is 18.5 Å². The summed E-state index contributed by atoms with van der Waals surface area (Å²) in [5.74, 6) is 1.52. The zero-order valence-electron chi connectivity index (χ0n) is 13.2. The lowest BCUT2D eigenvalue weighted by Crippen LogP contribution is -2.02. The lowest BCUT2D eigenvalue weighted by molar-refractivity contribution is 0.430. The highest BCUT2D eigenvalue weighted by Crippen LogP contribution is 2.20. The fourth-order valence-electron chi connectivity index (χ4n) is 2.27. The number of hydrogen-bond acceptors (Lipinski definition) is 7. The number of nitrogens with zero attached hydrogens (tertiary/aromatic N) is 5. The van der Waals surface area contributed by atoms with Gasteiger partial charge in [-0.15, -0.1) is 10.2 Å². The van der Waals surface area contributed by atoms with Crippen molar-refractivity contribution in [3.05, 3.63) is 72.6 Å². The smallest absolute Gasteiger partial charge is 0.278 e. The standard InChI is InChI=1S/C18H14N6O/c1-2-6-14(7-3-1)17-21-18(25-24-17)15-8-9-16(23-22-15)20-12-13-5-4-10-19-11-13/h1-11H,12H2,(H,20,23). The summed E-state index contributed by atoms with van der Waals surface area (Å²) in [4.78, 5) is 8.44. The molecule has 4 aromatic rings. The average molecular weight is 330 g/mol. The Morgan fingerprint density at radius 3 is 2.60 bits per heavy atom. The van der Waals surface area contributed by atoms with Crippen LogP contribution in [0.25, 0.3) is 23.0 Å². The fourth-order valence-corrected chi connectivity index (χ4v) is 2.27. The third kappa shape index (κ3) is 3.50. The van der Waals surface area contributed by atoms with Gasteiger partial charge in [-0.05, 0) is 23.8 Å². The van der Waals surface area contributed by atoms with Crippen LogP contribution in [0.4, 0.5) is 5.82 Å². The number of pyridine rings is 1. The molecule has 0 saturated heterocycles. The largest absolute Gasteiger partial charge is 0.364 e. The number of benzene rings is 1. The summed E-state index contributed by atoms with van der Waals surface area (Å²) in [5, 5.41) is 15.5. The van der Waals surface area contributed by atoms with Crippen LogP contribution in [0.15, 0.2) is 71.5 Å². The van der Waals surface area contributed by atoms with Gasteiger partial charge in [0.05, 0.1) is 0 Å². The third-order valence-electron chi connectivity index (χ3n) is 3.54. The van der Waals surface area contributed by atoms with Crippen LogP contribution in [-0.2, 0) is 6.54 Å². The molecule has 1 aromatic carbocycles. The highest BCUT2D eigenvalue weighted by atomic mass is 16.5. The maximum atomic E-state index is 5.28. The number of nitrogens with one attached hydrogen (secondary N) is 1. The predicted octanol–water partition coefficient (Wildman–Crippen LogP) is 3.20. The Hall–Kier alpha value is -3.61. The van der Waals surface area contributed by atoms with Crippen molar-refractivity contribution in [3.63, 3.8) is 0 Å². The van der Waals surface area contributed by atoms with Crippen LogP contribution in [0.5, 0.6) is 0 Å². The molecule has 0 aliphatic rings. The molecule has 0 amide bonds. The van der Waals surface area contributed by atoms with E-state index in [9.17, 15) is 0 Å². The van der Waals surface area contributed by atoms with Gasteiger partial charge in [0.25, 0.3) is 5.89 Å². The second kappa shape index (κ2) is 6.88. The van der Waals surface area contributed by atoms with Gasteiger partial charge >= 0.3 is 0 Å². The Morgan fingerprint density at radius 2 is 1.84 bits per heavy atom. The van der Waals surface area contributed by atoms with Crippen molar-refractivity contribution in [3.8, 4) is 23.0 Å². The molecular weight excluding hydrogens is 316 g/mol. The monoisotopic (exact) mass is 330 g/mol. The number of hydrogen-bond donors (Lipinski definition) is 1. The highest BCUT2D eigenvalue weighted by molar-refractivity contribution is 5.57. The maximum absolute atomic E-state index is 5.28. The van der Waals surface area contributed by atoms with Crippen molar-refractivity contribution in [1.82, 2.24) is 25.3 Å². The summed E-state index contributed by atoms with van der Waals surface area (Å²) >= 11 is 0. The second-order valence-corrected chi connectivity index (χ2v) is 5.31. The van der Waals surface area contributed by atoms with Crippen LogP contribution in [0.2, 0.25) is 0 Å². The Kier molecular flexibility index (Phi) is 4.11. The van der Waals surface area contributed by atoms with Crippen molar-refractivity contribution in [2.75, 3.05) is 5.32 Å². The molecule has 7 heteroatoms. The topological polar surface area (TPSA) is 89.6 Å². The van der Waals surface area contributed by atoms with Gasteiger partial charge in [-0.3, -0.25) is 4.98 Å². The van der Waals surface area contributed by atoms with E-state index >= 15 is 0 Å². The van der Waals surface area contributed by atoms with E-state index in [0.717, 1.165) is 11.1 Å². The van der Waals surface area contributed by atoms with Gasteiger partial charge in [-0.1, -0.05) is 41.6 Å². The van der Waals surface area contributed by atoms with Gasteiger partial charge < -0.3 is 9.84 Å². The molecule has 0 atom stereocenters. The Morgan fingerprint density at radius 1 is 0.920 bits per heavy atom. The molecule has 0 radical (unpaired) electrons. The molecule has 0 fully saturated rings. The van der Waals surface area contributed by atoms with Crippen molar-refractivity contribution in [1.29, 1.82) is 0 Å². The summed E-state index contributed by atoms with van der Waals surface area (Å²) in [7, 11) is 0. The van der Waals surface area contributed by atoms with Crippen LogP contribution >= 0.6 is 0 Å². The molecular formula is C18H14N6O. The minimum Gasteiger partial charge on any atom is -0.364 e. The zero-order chi connectivity index (χ0) is 16.9. The van der Waals surface area contributed by atoms with E-state index in [1.165, 1.54) is 0 Å². The molecule has 3 heterocycles. The minimum atomic E-state index is 0.338. The molecule has 0 bridgehead atoms. The van der Waals surface area contributed by atoms with Gasteiger partial charge in [-0.2, -0.15) is 4.98 Å². The zero-order valence-corrected chi connectivity index (χ0v) is 13.2. The Labute approximate surface area is 143 Å². The van der Waals surface area contributed by atoms with Crippen molar-refractivity contribution in [2.24, 2.45) is 0 Å². The molecule has 1 N–H and O–H groups in total. The molecule has 0 unspecified atom stereocenters. The molecule has 7 nitrogen and oxygen atoms in total. The molecule has 0 aliphatic heterocycles. The first kappa shape index (κ1) is 14.9. The van der Waals surface area contributed by atoms with Crippen molar-refractivity contribution in [2.45, 2.75) is 6.54 Å². The van der Waals surface area contributed by atoms with Crippen LogP contribution in [0.3, 0.4) is 0 Å². The Bertz CT molecular complexity index is 938. The lowest BCUT2D eigenvalue weighted by Gasteiger charge is -2.04. The van der Waals surface area contributed by atoms with E-state index in [4.69, 9.17) is 4.52 Å². The molecule has 0 aliphatic carbocycles. The van der Waals surface area contributed by atoms with E-state index in [-0.39, 0.29) is 0 Å². The predicted molar refractivity (Wildman–Crippen MR) is 92.3 cm³/mol. The molecule has 4 rings (SSSR count). The summed E-state index contributed by atoms with van der Waals surface area (Å²) in [6, 6.07) is 17.1. The fraction of sp³-hybridized carbons (Fsp3) is 0.0556. The van der Waals surface area contributed by atoms with Gasteiger partial charge in [0.15, 0.2) is 5.69 Å². The van der Waals surface area contributed by atoms with Crippen LogP contribution in [-0.4, -0.2) is 25.3 Å². The number of aromatic nitrogens is 5. The summed E-state index contributed by atoms with van der Waals surface area (Å²) in [6.07, 6.45) is 3.55. The third-order valence-corrected chi connectivity index (χ3v) is 3.54. The summed E-state index contributed by atoms with van der Waals surface area (Å²) in [6.45, 7) is 0.626. The second-order valence-electron chi connectivity index (χ2n) is 5.31. The first-order valence-corrected chi connectivity index (χ1v) is 7.74. The summed E-state index contributed by atoms with van der Waals surface area (Å²) in [5.41, 5.74) is 2.49. The molecule has 0 saturated carbocycles. The van der Waals surface area contributed by atoms with E-state index in [2.05, 4.69) is 30.6 Å². The van der Waals surface area contributed by atoms with E-state index in [0.29, 0.717) is 29.8 Å². The number of anilines is 1. The number of rotatable bonds is 5. The Balaban J connectivity index is 1.46. The lowest BCUT2D eigenvalue weighted by atomic mass is 10.2. The molecule has 0 spiro atoms. The molecule has 122 valence electrons. The van der Waals surface area contributed by atoms with Crippen LogP contribution < -0.4 is 5.32 Å². The van der Waals surface area contributed by atoms with Crippen LogP contribution in [0.1, 0.15) is 5.56 Å². The normalized spacial score (nSPS) is 10.6. The average Bonchev–Trinajstić information content (AvgIpc) is 3.19. The first-order chi connectivity index (χ1) is 12.4. The van der Waals surface area contributed by atoms with Gasteiger partial charge in [-0.25, -0.2) is 0 Å². The highest BCUT2D eigenvalue weighted by Gasteiger charge is 2.12. The SMILES string of the molecule is c1ccc(-c2noc(-c3ccc(NCc4cccnc4)nn3)n2)cc1. The van der Waals surface area contributed by atoms with Crippen molar-refractivity contribution < 1.29 is 4.52 Å². The minimum absolute atomic E-state index is 0.338. The van der Waals surface area contributed by atoms with Gasteiger partial charge in [0.2, 0.25) is 5.82 Å².